The zero-order valence-electron chi connectivity index (χ0n) is 30.7. The van der Waals surface area contributed by atoms with Crippen molar-refractivity contribution >= 4 is 60.9 Å². The topological polar surface area (TPSA) is 55.3 Å². The maximum absolute atomic E-state index is 6.36. The molecule has 5 heteroatoms. The summed E-state index contributed by atoms with van der Waals surface area (Å²) in [6.07, 6.45) is 7.28. The number of hydrogen-bond acceptors (Lipinski definition) is 5. The number of fused-ring (bicyclic) bond motifs is 6. The predicted molar refractivity (Wildman–Crippen MR) is 233 cm³/mol. The summed E-state index contributed by atoms with van der Waals surface area (Å²) in [7, 11) is 0. The Morgan fingerprint density at radius 2 is 0.702 bits per heavy atom. The lowest BCUT2D eigenvalue weighted by atomic mass is 9.99. The molecule has 0 unspecified atom stereocenters. The van der Waals surface area contributed by atoms with E-state index >= 15 is 0 Å². The highest BCUT2D eigenvalue weighted by Crippen LogP contribution is 2.41. The second-order valence-electron chi connectivity index (χ2n) is 14.2. The number of aromatic nitrogens is 2. The van der Waals surface area contributed by atoms with Gasteiger partial charge in [-0.2, -0.15) is 0 Å². The van der Waals surface area contributed by atoms with E-state index in [1.54, 1.807) is 12.4 Å². The van der Waals surface area contributed by atoms with Crippen LogP contribution in [0.5, 0.6) is 0 Å². The van der Waals surface area contributed by atoms with Crippen molar-refractivity contribution in [3.8, 4) is 44.5 Å². The highest BCUT2D eigenvalue weighted by Gasteiger charge is 2.17. The molecule has 0 saturated carbocycles. The highest BCUT2D eigenvalue weighted by molar-refractivity contribution is 6.10. The van der Waals surface area contributed by atoms with E-state index in [1.165, 1.54) is 16.7 Å². The van der Waals surface area contributed by atoms with Crippen LogP contribution >= 0.6 is 0 Å². The molecule has 11 rings (SSSR count). The minimum absolute atomic E-state index is 0.836. The van der Waals surface area contributed by atoms with Crippen LogP contribution in [0.1, 0.15) is 0 Å². The Bertz CT molecular complexity index is 3040. The molecular weight excluding hydrogens is 699 g/mol. The highest BCUT2D eigenvalue weighted by atomic mass is 16.3. The summed E-state index contributed by atoms with van der Waals surface area (Å²) in [4.78, 5) is 11.0. The van der Waals surface area contributed by atoms with Crippen molar-refractivity contribution in [1.29, 1.82) is 0 Å². The Labute approximate surface area is 328 Å². The Balaban J connectivity index is 0.972. The van der Waals surface area contributed by atoms with E-state index in [0.717, 1.165) is 88.8 Å². The van der Waals surface area contributed by atoms with E-state index in [9.17, 15) is 0 Å². The van der Waals surface area contributed by atoms with Gasteiger partial charge in [-0.1, -0.05) is 127 Å². The first-order chi connectivity index (χ1) is 28.2. The van der Waals surface area contributed by atoms with Crippen molar-refractivity contribution in [3.05, 3.63) is 201 Å². The van der Waals surface area contributed by atoms with E-state index in [0.29, 0.717) is 0 Å². The molecule has 0 N–H and O–H groups in total. The molecule has 4 heterocycles. The SMILES string of the molecule is c1ccc(-c2ccc(-c3ccc(N(c4ccc(-c5cccc6c5oc5ccncc56)cc4)c4ccc(-c5cccc6c5oc5ccncc56)cc4)cc3)cc2)cc1. The summed E-state index contributed by atoms with van der Waals surface area (Å²) in [6.45, 7) is 0. The van der Waals surface area contributed by atoms with Gasteiger partial charge in [-0.15, -0.1) is 0 Å². The number of hydrogen-bond donors (Lipinski definition) is 0. The molecule has 0 aliphatic carbocycles. The molecule has 0 amide bonds. The number of nitrogens with zero attached hydrogens (tertiary/aromatic N) is 3. The maximum Gasteiger partial charge on any atom is 0.143 e. The summed E-state index contributed by atoms with van der Waals surface area (Å²) in [6, 6.07) is 62.0. The second kappa shape index (κ2) is 13.5. The van der Waals surface area contributed by atoms with Crippen LogP contribution in [0.3, 0.4) is 0 Å². The van der Waals surface area contributed by atoms with Crippen LogP contribution < -0.4 is 4.90 Å². The third kappa shape index (κ3) is 5.72. The first-order valence-corrected chi connectivity index (χ1v) is 19.0. The fourth-order valence-corrected chi connectivity index (χ4v) is 8.05. The summed E-state index contributed by atoms with van der Waals surface area (Å²) >= 11 is 0. The normalized spacial score (nSPS) is 11.5. The van der Waals surface area contributed by atoms with Gasteiger partial charge in [0.1, 0.15) is 22.3 Å². The number of furan rings is 2. The van der Waals surface area contributed by atoms with Gasteiger partial charge in [-0.25, -0.2) is 0 Å². The number of benzene rings is 7. The molecule has 5 nitrogen and oxygen atoms in total. The minimum Gasteiger partial charge on any atom is -0.455 e. The zero-order chi connectivity index (χ0) is 37.7. The Kier molecular flexibility index (Phi) is 7.74. The van der Waals surface area contributed by atoms with Gasteiger partial charge in [0.2, 0.25) is 0 Å². The van der Waals surface area contributed by atoms with Gasteiger partial charge in [-0.05, 0) is 81.9 Å². The van der Waals surface area contributed by atoms with E-state index in [2.05, 4.69) is 173 Å². The molecule has 4 aromatic heterocycles. The van der Waals surface area contributed by atoms with Crippen molar-refractivity contribution in [2.75, 3.05) is 4.90 Å². The molecule has 0 saturated heterocycles. The molecule has 7 aromatic carbocycles. The maximum atomic E-state index is 6.36. The lowest BCUT2D eigenvalue weighted by Gasteiger charge is -2.26. The molecule has 11 aromatic rings. The Morgan fingerprint density at radius 1 is 0.316 bits per heavy atom. The standard InChI is InChI=1S/C52H33N3O2/c1-2-6-34(7-3-1)35-12-14-36(15-13-35)37-16-22-40(23-17-37)55(41-24-18-38(19-25-41)43-8-4-10-45-47-32-53-30-28-49(47)56-51(43)45)42-26-20-39(21-27-42)44-9-5-11-46-48-33-54-31-29-50(48)57-52(44)46/h1-33H. The Morgan fingerprint density at radius 3 is 1.14 bits per heavy atom. The summed E-state index contributed by atoms with van der Waals surface area (Å²) < 4.78 is 12.7. The first-order valence-electron chi connectivity index (χ1n) is 19.0. The molecule has 0 aliphatic rings. The molecule has 0 aliphatic heterocycles. The van der Waals surface area contributed by atoms with Crippen molar-refractivity contribution < 1.29 is 8.83 Å². The Hall–Kier alpha value is -7.76. The molecule has 0 radical (unpaired) electrons. The second-order valence-corrected chi connectivity index (χ2v) is 14.2. The average Bonchev–Trinajstić information content (AvgIpc) is 3.87. The van der Waals surface area contributed by atoms with Crippen LogP contribution in [-0.2, 0) is 0 Å². The molecule has 0 atom stereocenters. The van der Waals surface area contributed by atoms with Gasteiger partial charge in [0.15, 0.2) is 0 Å². The molecule has 0 fully saturated rings. The molecule has 268 valence electrons. The third-order valence-corrected chi connectivity index (χ3v) is 10.9. The van der Waals surface area contributed by atoms with Crippen LogP contribution in [0.25, 0.3) is 88.4 Å². The largest absolute Gasteiger partial charge is 0.455 e. The van der Waals surface area contributed by atoms with Crippen LogP contribution in [0, 0.1) is 0 Å². The van der Waals surface area contributed by atoms with Crippen LogP contribution in [-0.4, -0.2) is 9.97 Å². The summed E-state index contributed by atoms with van der Waals surface area (Å²) in [5, 5.41) is 4.16. The number of rotatable bonds is 7. The average molecular weight is 732 g/mol. The van der Waals surface area contributed by atoms with E-state index in [4.69, 9.17) is 8.83 Å². The fraction of sp³-hybridized carbons (Fsp3) is 0. The van der Waals surface area contributed by atoms with Gasteiger partial charge in [0.05, 0.1) is 0 Å². The van der Waals surface area contributed by atoms with E-state index < -0.39 is 0 Å². The zero-order valence-corrected chi connectivity index (χ0v) is 30.7. The fourth-order valence-electron chi connectivity index (χ4n) is 8.05. The van der Waals surface area contributed by atoms with Crippen molar-refractivity contribution in [2.24, 2.45) is 0 Å². The third-order valence-electron chi connectivity index (χ3n) is 10.9. The van der Waals surface area contributed by atoms with Gasteiger partial charge < -0.3 is 13.7 Å². The minimum atomic E-state index is 0.836. The van der Waals surface area contributed by atoms with Gasteiger partial charge >= 0.3 is 0 Å². The van der Waals surface area contributed by atoms with Crippen molar-refractivity contribution in [3.63, 3.8) is 0 Å². The predicted octanol–water partition coefficient (Wildman–Crippen LogP) is 14.4. The van der Waals surface area contributed by atoms with E-state index in [-0.39, 0.29) is 0 Å². The van der Waals surface area contributed by atoms with Crippen LogP contribution in [0.4, 0.5) is 17.1 Å². The van der Waals surface area contributed by atoms with Crippen molar-refractivity contribution in [1.82, 2.24) is 9.97 Å². The quantitative estimate of drug-likeness (QED) is 0.163. The van der Waals surface area contributed by atoms with Crippen molar-refractivity contribution in [2.45, 2.75) is 0 Å². The number of anilines is 3. The van der Waals surface area contributed by atoms with Gasteiger partial charge in [0, 0.05) is 74.5 Å². The molecule has 0 bridgehead atoms. The van der Waals surface area contributed by atoms with E-state index in [1.807, 2.05) is 30.6 Å². The molecule has 57 heavy (non-hydrogen) atoms. The smallest absolute Gasteiger partial charge is 0.143 e. The van der Waals surface area contributed by atoms with Gasteiger partial charge in [-0.3, -0.25) is 9.97 Å². The summed E-state index contributed by atoms with van der Waals surface area (Å²) in [5.74, 6) is 0. The molecular formula is C52H33N3O2. The molecule has 0 spiro atoms. The van der Waals surface area contributed by atoms with Crippen LogP contribution in [0.2, 0.25) is 0 Å². The monoisotopic (exact) mass is 731 g/mol. The lowest BCUT2D eigenvalue weighted by molar-refractivity contribution is 0.669. The summed E-state index contributed by atoms with van der Waals surface area (Å²) in [5.41, 5.74) is 15.5. The van der Waals surface area contributed by atoms with Gasteiger partial charge in [0.25, 0.3) is 0 Å². The first kappa shape index (κ1) is 32.7. The number of para-hydroxylation sites is 2. The van der Waals surface area contributed by atoms with Crippen LogP contribution in [0.15, 0.2) is 210 Å². The number of pyridine rings is 2. The lowest BCUT2D eigenvalue weighted by Crippen LogP contribution is -2.09.